The third-order valence-electron chi connectivity index (χ3n) is 3.70. The summed E-state index contributed by atoms with van der Waals surface area (Å²) in [5.41, 5.74) is -0.593. The minimum absolute atomic E-state index is 0.139. The zero-order chi connectivity index (χ0) is 17.0. The van der Waals surface area contributed by atoms with Gasteiger partial charge in [0, 0.05) is 19.1 Å². The van der Waals surface area contributed by atoms with Crippen molar-refractivity contribution in [1.82, 2.24) is 10.2 Å². The number of amides is 1. The first-order valence-electron chi connectivity index (χ1n) is 7.73. The van der Waals surface area contributed by atoms with Gasteiger partial charge in [-0.2, -0.15) is 0 Å². The minimum Gasteiger partial charge on any atom is -0.481 e. The molecule has 7 nitrogen and oxygen atoms in total. The highest BCUT2D eigenvalue weighted by Gasteiger charge is 2.37. The van der Waals surface area contributed by atoms with Gasteiger partial charge in [0.15, 0.2) is 0 Å². The number of hydrogen-bond acceptors (Lipinski definition) is 5. The molecule has 0 unspecified atom stereocenters. The van der Waals surface area contributed by atoms with Gasteiger partial charge in [0.05, 0.1) is 18.7 Å². The standard InChI is InChI=1S/C16H24N2O5/c1-16(2,3)23-15(21)18-7-6-13(12(10-18)14(19)20)17-9-11-5-4-8-22-11/h4-5,8,12-13,17H,6-7,9-10H2,1-3H3,(H,19,20)/t12-,13+/m0/s1. The Morgan fingerprint density at radius 2 is 2.22 bits per heavy atom. The number of ether oxygens (including phenoxy) is 1. The third-order valence-corrected chi connectivity index (χ3v) is 3.70. The molecular weight excluding hydrogens is 300 g/mol. The summed E-state index contributed by atoms with van der Waals surface area (Å²) in [6.07, 6.45) is 1.67. The second-order valence-corrected chi connectivity index (χ2v) is 6.73. The summed E-state index contributed by atoms with van der Waals surface area (Å²) in [5.74, 6) is -0.842. The van der Waals surface area contributed by atoms with Gasteiger partial charge in [-0.3, -0.25) is 4.79 Å². The molecule has 1 saturated heterocycles. The van der Waals surface area contributed by atoms with Crippen molar-refractivity contribution in [2.75, 3.05) is 13.1 Å². The van der Waals surface area contributed by atoms with E-state index in [0.29, 0.717) is 19.5 Å². The number of hydrogen-bond donors (Lipinski definition) is 2. The first-order chi connectivity index (χ1) is 10.8. The lowest BCUT2D eigenvalue weighted by Crippen LogP contribution is -2.54. The van der Waals surface area contributed by atoms with Crippen LogP contribution in [-0.4, -0.2) is 46.8 Å². The molecule has 0 radical (unpaired) electrons. The van der Waals surface area contributed by atoms with Crippen molar-refractivity contribution in [3.63, 3.8) is 0 Å². The van der Waals surface area contributed by atoms with Crippen LogP contribution in [-0.2, 0) is 16.1 Å². The molecule has 7 heteroatoms. The number of furan rings is 1. The number of carbonyl (C=O) groups excluding carboxylic acids is 1. The predicted octanol–water partition coefficient (Wildman–Crippen LogP) is 2.08. The fourth-order valence-corrected chi connectivity index (χ4v) is 2.58. The number of rotatable bonds is 4. The average Bonchev–Trinajstić information content (AvgIpc) is 2.96. The topological polar surface area (TPSA) is 92.0 Å². The van der Waals surface area contributed by atoms with Crippen LogP contribution in [0.2, 0.25) is 0 Å². The van der Waals surface area contributed by atoms with Gasteiger partial charge in [-0.1, -0.05) is 0 Å². The van der Waals surface area contributed by atoms with Crippen LogP contribution in [0.1, 0.15) is 33.0 Å². The Morgan fingerprint density at radius 3 is 2.78 bits per heavy atom. The molecule has 0 spiro atoms. The number of carbonyl (C=O) groups is 2. The monoisotopic (exact) mass is 324 g/mol. The van der Waals surface area contributed by atoms with Crippen LogP contribution in [0.25, 0.3) is 0 Å². The highest BCUT2D eigenvalue weighted by Crippen LogP contribution is 2.21. The number of likely N-dealkylation sites (tertiary alicyclic amines) is 1. The molecule has 1 aliphatic heterocycles. The molecule has 0 aromatic carbocycles. The number of carboxylic acids is 1. The SMILES string of the molecule is CC(C)(C)OC(=O)N1CC[C@@H](NCc2ccco2)[C@@H](C(=O)O)C1. The van der Waals surface area contributed by atoms with Crippen LogP contribution in [0.4, 0.5) is 4.79 Å². The summed E-state index contributed by atoms with van der Waals surface area (Å²) >= 11 is 0. The second-order valence-electron chi connectivity index (χ2n) is 6.73. The van der Waals surface area contributed by atoms with Gasteiger partial charge < -0.3 is 24.5 Å². The Hall–Kier alpha value is -2.02. The van der Waals surface area contributed by atoms with Crippen molar-refractivity contribution in [3.05, 3.63) is 24.2 Å². The molecule has 1 aromatic rings. The smallest absolute Gasteiger partial charge is 0.410 e. The van der Waals surface area contributed by atoms with Crippen LogP contribution in [0.15, 0.2) is 22.8 Å². The van der Waals surface area contributed by atoms with Crippen molar-refractivity contribution in [1.29, 1.82) is 0 Å². The maximum atomic E-state index is 12.1. The lowest BCUT2D eigenvalue weighted by molar-refractivity contribution is -0.144. The summed E-state index contributed by atoms with van der Waals surface area (Å²) in [4.78, 5) is 25.1. The molecule has 128 valence electrons. The van der Waals surface area contributed by atoms with E-state index in [0.717, 1.165) is 5.76 Å². The van der Waals surface area contributed by atoms with Crippen LogP contribution in [0.3, 0.4) is 0 Å². The second kappa shape index (κ2) is 7.04. The van der Waals surface area contributed by atoms with Crippen molar-refractivity contribution in [3.8, 4) is 0 Å². The Kier molecular flexibility index (Phi) is 5.30. The fourth-order valence-electron chi connectivity index (χ4n) is 2.58. The Labute approximate surface area is 135 Å². The van der Waals surface area contributed by atoms with E-state index in [1.807, 2.05) is 6.07 Å². The maximum Gasteiger partial charge on any atom is 0.410 e. The van der Waals surface area contributed by atoms with Crippen molar-refractivity contribution < 1.29 is 23.8 Å². The normalized spacial score (nSPS) is 22.0. The summed E-state index contributed by atoms with van der Waals surface area (Å²) in [7, 11) is 0. The summed E-state index contributed by atoms with van der Waals surface area (Å²) in [6, 6.07) is 3.41. The van der Waals surface area contributed by atoms with Gasteiger partial charge in [-0.05, 0) is 39.3 Å². The summed E-state index contributed by atoms with van der Waals surface area (Å²) < 4.78 is 10.6. The Bertz CT molecular complexity index is 535. The summed E-state index contributed by atoms with van der Waals surface area (Å²) in [5, 5.41) is 12.7. The third kappa shape index (κ3) is 4.99. The molecule has 0 aliphatic carbocycles. The van der Waals surface area contributed by atoms with Crippen LogP contribution in [0.5, 0.6) is 0 Å². The van der Waals surface area contributed by atoms with Crippen molar-refractivity contribution in [2.45, 2.75) is 45.4 Å². The number of carboxylic acid groups (broad SMARTS) is 1. The lowest BCUT2D eigenvalue weighted by Gasteiger charge is -2.37. The predicted molar refractivity (Wildman–Crippen MR) is 82.9 cm³/mol. The number of nitrogens with one attached hydrogen (secondary N) is 1. The molecule has 2 atom stereocenters. The molecule has 2 heterocycles. The van der Waals surface area contributed by atoms with Gasteiger partial charge in [-0.15, -0.1) is 0 Å². The highest BCUT2D eigenvalue weighted by atomic mass is 16.6. The van der Waals surface area contributed by atoms with E-state index in [2.05, 4.69) is 5.32 Å². The molecule has 1 aromatic heterocycles. The lowest BCUT2D eigenvalue weighted by atomic mass is 9.92. The van der Waals surface area contributed by atoms with E-state index in [1.54, 1.807) is 33.1 Å². The first-order valence-corrected chi connectivity index (χ1v) is 7.73. The average molecular weight is 324 g/mol. The molecule has 23 heavy (non-hydrogen) atoms. The van der Waals surface area contributed by atoms with E-state index in [-0.39, 0.29) is 12.6 Å². The fraction of sp³-hybridized carbons (Fsp3) is 0.625. The van der Waals surface area contributed by atoms with Gasteiger partial charge in [0.2, 0.25) is 0 Å². The van der Waals surface area contributed by atoms with Gasteiger partial charge in [0.25, 0.3) is 0 Å². The quantitative estimate of drug-likeness (QED) is 0.881. The van der Waals surface area contributed by atoms with Gasteiger partial charge >= 0.3 is 12.1 Å². The van der Waals surface area contributed by atoms with Crippen LogP contribution < -0.4 is 5.32 Å². The minimum atomic E-state index is -0.921. The Balaban J connectivity index is 1.94. The van der Waals surface area contributed by atoms with Crippen molar-refractivity contribution >= 4 is 12.1 Å². The van der Waals surface area contributed by atoms with E-state index >= 15 is 0 Å². The zero-order valence-electron chi connectivity index (χ0n) is 13.7. The van der Waals surface area contributed by atoms with Gasteiger partial charge in [0.1, 0.15) is 11.4 Å². The molecular formula is C16H24N2O5. The van der Waals surface area contributed by atoms with Gasteiger partial charge in [-0.25, -0.2) is 4.79 Å². The van der Waals surface area contributed by atoms with E-state index in [4.69, 9.17) is 9.15 Å². The number of aliphatic carboxylic acids is 1. The highest BCUT2D eigenvalue weighted by molar-refractivity contribution is 5.74. The molecule has 2 rings (SSSR count). The Morgan fingerprint density at radius 1 is 1.48 bits per heavy atom. The molecule has 1 amide bonds. The van der Waals surface area contributed by atoms with E-state index < -0.39 is 23.6 Å². The molecule has 0 saturated carbocycles. The zero-order valence-corrected chi connectivity index (χ0v) is 13.7. The van der Waals surface area contributed by atoms with Crippen LogP contribution in [0, 0.1) is 5.92 Å². The summed E-state index contributed by atoms with van der Waals surface area (Å²) in [6.45, 7) is 6.44. The number of piperidine rings is 1. The van der Waals surface area contributed by atoms with E-state index in [1.165, 1.54) is 4.90 Å². The molecule has 0 bridgehead atoms. The molecule has 1 aliphatic rings. The molecule has 2 N–H and O–H groups in total. The first kappa shape index (κ1) is 17.3. The maximum absolute atomic E-state index is 12.1. The van der Waals surface area contributed by atoms with Crippen LogP contribution >= 0.6 is 0 Å². The molecule has 1 fully saturated rings. The van der Waals surface area contributed by atoms with E-state index in [9.17, 15) is 14.7 Å². The van der Waals surface area contributed by atoms with Crippen molar-refractivity contribution in [2.24, 2.45) is 5.92 Å². The largest absolute Gasteiger partial charge is 0.481 e. The number of nitrogens with zero attached hydrogens (tertiary/aromatic N) is 1.